The molecular formula is C11H8N2O4. The minimum Gasteiger partial charge on any atom is -0.508 e. The van der Waals surface area contributed by atoms with Crippen LogP contribution in [0.3, 0.4) is 0 Å². The monoisotopic (exact) mass is 232 g/mol. The van der Waals surface area contributed by atoms with E-state index in [0.717, 1.165) is 6.20 Å². The van der Waals surface area contributed by atoms with E-state index in [0.29, 0.717) is 11.3 Å². The van der Waals surface area contributed by atoms with E-state index in [1.165, 1.54) is 30.3 Å². The number of aromatic hydroxyl groups is 2. The largest absolute Gasteiger partial charge is 0.508 e. The van der Waals surface area contributed by atoms with Gasteiger partial charge in [-0.05, 0) is 18.2 Å². The molecule has 17 heavy (non-hydrogen) atoms. The van der Waals surface area contributed by atoms with Crippen LogP contribution < -0.4 is 0 Å². The Hall–Kier alpha value is -2.63. The van der Waals surface area contributed by atoms with Crippen molar-refractivity contribution >= 4 is 5.69 Å². The molecule has 0 spiro atoms. The van der Waals surface area contributed by atoms with Gasteiger partial charge in [0.05, 0.1) is 10.6 Å². The number of hydrogen-bond acceptors (Lipinski definition) is 5. The smallest absolute Gasteiger partial charge is 0.287 e. The minimum atomic E-state index is -0.545. The average Bonchev–Trinajstić information content (AvgIpc) is 2.28. The van der Waals surface area contributed by atoms with Crippen molar-refractivity contribution in [3.05, 3.63) is 46.6 Å². The molecule has 0 aliphatic carbocycles. The lowest BCUT2D eigenvalue weighted by Gasteiger charge is -2.02. The summed E-state index contributed by atoms with van der Waals surface area (Å²) < 4.78 is 0. The van der Waals surface area contributed by atoms with E-state index in [4.69, 9.17) is 0 Å². The summed E-state index contributed by atoms with van der Waals surface area (Å²) in [4.78, 5) is 13.8. The molecule has 0 radical (unpaired) electrons. The van der Waals surface area contributed by atoms with E-state index >= 15 is 0 Å². The zero-order chi connectivity index (χ0) is 12.4. The van der Waals surface area contributed by atoms with Gasteiger partial charge in [0.15, 0.2) is 0 Å². The molecule has 86 valence electrons. The summed E-state index contributed by atoms with van der Waals surface area (Å²) >= 11 is 0. The zero-order valence-corrected chi connectivity index (χ0v) is 8.57. The Morgan fingerprint density at radius 2 is 1.76 bits per heavy atom. The first-order valence-corrected chi connectivity index (χ1v) is 4.70. The lowest BCUT2D eigenvalue weighted by atomic mass is 10.1. The molecule has 2 aromatic rings. The van der Waals surface area contributed by atoms with Crippen LogP contribution in [-0.2, 0) is 0 Å². The third-order valence-electron chi connectivity index (χ3n) is 2.16. The minimum absolute atomic E-state index is 0.0971. The van der Waals surface area contributed by atoms with Gasteiger partial charge in [-0.25, -0.2) is 4.98 Å². The molecule has 1 aromatic heterocycles. The van der Waals surface area contributed by atoms with Crippen LogP contribution in [0.15, 0.2) is 36.5 Å². The van der Waals surface area contributed by atoms with Gasteiger partial charge in [-0.1, -0.05) is 0 Å². The normalized spacial score (nSPS) is 10.1. The Kier molecular flexibility index (Phi) is 2.61. The molecule has 6 heteroatoms. The first-order chi connectivity index (χ1) is 8.06. The molecule has 0 atom stereocenters. The fourth-order valence-electron chi connectivity index (χ4n) is 1.41. The first-order valence-electron chi connectivity index (χ1n) is 4.70. The quantitative estimate of drug-likeness (QED) is 0.610. The Bertz CT molecular complexity index is 546. The number of aromatic nitrogens is 1. The molecule has 0 aliphatic heterocycles. The van der Waals surface area contributed by atoms with E-state index in [9.17, 15) is 20.3 Å². The van der Waals surface area contributed by atoms with Crippen LogP contribution in [0.4, 0.5) is 5.69 Å². The van der Waals surface area contributed by atoms with Crippen molar-refractivity contribution in [2.45, 2.75) is 0 Å². The highest BCUT2D eigenvalue weighted by atomic mass is 16.6. The van der Waals surface area contributed by atoms with E-state index in [-0.39, 0.29) is 17.2 Å². The van der Waals surface area contributed by atoms with Gasteiger partial charge >= 0.3 is 0 Å². The van der Waals surface area contributed by atoms with Crippen molar-refractivity contribution in [1.82, 2.24) is 4.98 Å². The van der Waals surface area contributed by atoms with Crippen molar-refractivity contribution < 1.29 is 15.1 Å². The molecule has 0 saturated heterocycles. The molecule has 0 unspecified atom stereocenters. The van der Waals surface area contributed by atoms with E-state index < -0.39 is 4.92 Å². The van der Waals surface area contributed by atoms with Gasteiger partial charge in [-0.2, -0.15) is 0 Å². The Morgan fingerprint density at radius 1 is 1.12 bits per heavy atom. The maximum atomic E-state index is 10.4. The van der Waals surface area contributed by atoms with Gasteiger partial charge < -0.3 is 10.2 Å². The number of pyridine rings is 1. The van der Waals surface area contributed by atoms with Crippen molar-refractivity contribution in [2.75, 3.05) is 0 Å². The lowest BCUT2D eigenvalue weighted by Crippen LogP contribution is -1.90. The van der Waals surface area contributed by atoms with Crippen LogP contribution in [0.2, 0.25) is 0 Å². The molecular weight excluding hydrogens is 224 g/mol. The predicted molar refractivity (Wildman–Crippen MR) is 59.7 cm³/mol. The Morgan fingerprint density at radius 3 is 2.24 bits per heavy atom. The summed E-state index contributed by atoms with van der Waals surface area (Å²) in [5, 5.41) is 29.0. The summed E-state index contributed by atoms with van der Waals surface area (Å²) in [7, 11) is 0. The van der Waals surface area contributed by atoms with Crippen LogP contribution in [-0.4, -0.2) is 20.1 Å². The Balaban J connectivity index is 2.43. The van der Waals surface area contributed by atoms with Gasteiger partial charge in [0.25, 0.3) is 5.69 Å². The Labute approximate surface area is 95.9 Å². The van der Waals surface area contributed by atoms with E-state index in [1.54, 1.807) is 0 Å². The van der Waals surface area contributed by atoms with Gasteiger partial charge in [0.2, 0.25) is 0 Å². The van der Waals surface area contributed by atoms with Gasteiger partial charge in [0, 0.05) is 17.7 Å². The van der Waals surface area contributed by atoms with E-state index in [2.05, 4.69) is 4.98 Å². The van der Waals surface area contributed by atoms with Gasteiger partial charge in [-0.15, -0.1) is 0 Å². The fourth-order valence-corrected chi connectivity index (χ4v) is 1.41. The predicted octanol–water partition coefficient (Wildman–Crippen LogP) is 2.07. The second-order valence-corrected chi connectivity index (χ2v) is 3.40. The third kappa shape index (κ3) is 2.31. The van der Waals surface area contributed by atoms with Crippen LogP contribution in [0.25, 0.3) is 11.3 Å². The lowest BCUT2D eigenvalue weighted by molar-refractivity contribution is -0.385. The number of rotatable bonds is 2. The highest BCUT2D eigenvalue weighted by Crippen LogP contribution is 2.27. The molecule has 0 bridgehead atoms. The molecule has 2 N–H and O–H groups in total. The van der Waals surface area contributed by atoms with Gasteiger partial charge in [-0.3, -0.25) is 10.1 Å². The number of nitrogens with zero attached hydrogens (tertiary/aromatic N) is 2. The molecule has 0 aliphatic rings. The summed E-state index contributed by atoms with van der Waals surface area (Å²) in [6, 6.07) is 6.77. The summed E-state index contributed by atoms with van der Waals surface area (Å²) in [6.45, 7) is 0. The standard InChI is InChI=1S/C11H8N2O4/c14-9-3-7(4-10(15)5-9)11-2-1-8(6-12-11)13(16)17/h1-6,14-15H. The third-order valence-corrected chi connectivity index (χ3v) is 2.16. The summed E-state index contributed by atoms with van der Waals surface area (Å²) in [6.07, 6.45) is 1.12. The van der Waals surface area contributed by atoms with Crippen LogP contribution in [0.1, 0.15) is 0 Å². The number of nitro groups is 1. The number of phenols is 2. The molecule has 1 aromatic carbocycles. The van der Waals surface area contributed by atoms with Crippen molar-refractivity contribution in [2.24, 2.45) is 0 Å². The second-order valence-electron chi connectivity index (χ2n) is 3.40. The number of hydrogen-bond donors (Lipinski definition) is 2. The average molecular weight is 232 g/mol. The van der Waals surface area contributed by atoms with Crippen molar-refractivity contribution in [1.29, 1.82) is 0 Å². The maximum absolute atomic E-state index is 10.4. The van der Waals surface area contributed by atoms with Crippen LogP contribution in [0, 0.1) is 10.1 Å². The highest BCUT2D eigenvalue weighted by Gasteiger charge is 2.08. The van der Waals surface area contributed by atoms with Gasteiger partial charge in [0.1, 0.15) is 17.7 Å². The zero-order valence-electron chi connectivity index (χ0n) is 8.57. The number of benzene rings is 1. The first kappa shape index (κ1) is 10.9. The SMILES string of the molecule is O=[N+]([O-])c1ccc(-c2cc(O)cc(O)c2)nc1. The molecule has 0 fully saturated rings. The summed E-state index contributed by atoms with van der Waals surface area (Å²) in [5.74, 6) is -0.194. The molecule has 1 heterocycles. The second kappa shape index (κ2) is 4.09. The maximum Gasteiger partial charge on any atom is 0.287 e. The van der Waals surface area contributed by atoms with Crippen molar-refractivity contribution in [3.8, 4) is 22.8 Å². The van der Waals surface area contributed by atoms with Crippen molar-refractivity contribution in [3.63, 3.8) is 0 Å². The highest BCUT2D eigenvalue weighted by molar-refractivity contribution is 5.64. The molecule has 6 nitrogen and oxygen atoms in total. The fraction of sp³-hybridized carbons (Fsp3) is 0. The molecule has 2 rings (SSSR count). The topological polar surface area (TPSA) is 96.5 Å². The summed E-state index contributed by atoms with van der Waals surface area (Å²) in [5.41, 5.74) is 0.803. The molecule has 0 amide bonds. The van der Waals surface area contributed by atoms with Crippen LogP contribution >= 0.6 is 0 Å². The number of phenolic OH excluding ortho intramolecular Hbond substituents is 2. The van der Waals surface area contributed by atoms with Crippen LogP contribution in [0.5, 0.6) is 11.5 Å². The van der Waals surface area contributed by atoms with E-state index in [1.807, 2.05) is 0 Å². The molecule has 0 saturated carbocycles.